The molecular formula is C19H21N3O2S. The van der Waals surface area contributed by atoms with Crippen LogP contribution in [0.3, 0.4) is 0 Å². The van der Waals surface area contributed by atoms with Crippen molar-refractivity contribution in [1.29, 1.82) is 0 Å². The minimum absolute atomic E-state index is 0.307. The van der Waals surface area contributed by atoms with E-state index in [1.165, 1.54) is 16.9 Å². The Bertz CT molecular complexity index is 917. The van der Waals surface area contributed by atoms with E-state index in [0.29, 0.717) is 17.3 Å². The smallest absolute Gasteiger partial charge is 0.348 e. The summed E-state index contributed by atoms with van der Waals surface area (Å²) in [6.45, 7) is 8.05. The molecule has 3 rings (SSSR count). The second-order valence-corrected chi connectivity index (χ2v) is 6.75. The van der Waals surface area contributed by atoms with Crippen molar-refractivity contribution in [2.75, 3.05) is 11.9 Å². The number of thiophene rings is 1. The van der Waals surface area contributed by atoms with E-state index in [2.05, 4.69) is 34.3 Å². The first-order chi connectivity index (χ1) is 12.0. The van der Waals surface area contributed by atoms with Gasteiger partial charge in [0.2, 0.25) is 0 Å². The van der Waals surface area contributed by atoms with Crippen LogP contribution >= 0.6 is 11.3 Å². The van der Waals surface area contributed by atoms with Crippen LogP contribution in [0.1, 0.15) is 40.5 Å². The fourth-order valence-corrected chi connectivity index (χ4v) is 3.81. The van der Waals surface area contributed by atoms with Crippen LogP contribution in [0.5, 0.6) is 0 Å². The van der Waals surface area contributed by atoms with Crippen LogP contribution in [0, 0.1) is 13.8 Å². The van der Waals surface area contributed by atoms with Gasteiger partial charge in [-0.05, 0) is 50.5 Å². The summed E-state index contributed by atoms with van der Waals surface area (Å²) in [4.78, 5) is 22.6. The molecule has 2 heterocycles. The molecule has 2 aromatic heterocycles. The lowest BCUT2D eigenvalue weighted by atomic mass is 10.1. The number of anilines is 2. The van der Waals surface area contributed by atoms with Gasteiger partial charge in [0.1, 0.15) is 21.3 Å². The van der Waals surface area contributed by atoms with Gasteiger partial charge in [-0.15, -0.1) is 11.3 Å². The maximum atomic E-state index is 12.2. The predicted molar refractivity (Wildman–Crippen MR) is 102 cm³/mol. The number of benzene rings is 1. The highest BCUT2D eigenvalue weighted by Crippen LogP contribution is 2.35. The standard InChI is InChI=1S/C19H21N3O2S/c1-5-13-7-9-14(10-8-13)22-17-15-11(3)16(19(23)24-6-2)25-18(15)21-12(4)20-17/h7-10H,5-6H2,1-4H3,(H,20,21,22). The Kier molecular flexibility index (Phi) is 4.99. The van der Waals surface area contributed by atoms with E-state index in [1.54, 1.807) is 6.92 Å². The van der Waals surface area contributed by atoms with Crippen LogP contribution in [0.2, 0.25) is 0 Å². The van der Waals surface area contributed by atoms with Crippen LogP contribution < -0.4 is 5.32 Å². The van der Waals surface area contributed by atoms with Crippen molar-refractivity contribution in [3.63, 3.8) is 0 Å². The third kappa shape index (κ3) is 3.49. The normalized spacial score (nSPS) is 10.9. The molecule has 0 fully saturated rings. The molecule has 0 unspecified atom stereocenters. The van der Waals surface area contributed by atoms with Crippen molar-refractivity contribution in [3.8, 4) is 0 Å². The Hall–Kier alpha value is -2.47. The summed E-state index contributed by atoms with van der Waals surface area (Å²) in [6.07, 6.45) is 1.00. The molecule has 5 nitrogen and oxygen atoms in total. The number of esters is 1. The van der Waals surface area contributed by atoms with E-state index in [0.717, 1.165) is 33.7 Å². The number of aromatic nitrogens is 2. The Morgan fingerprint density at radius 2 is 1.88 bits per heavy atom. The van der Waals surface area contributed by atoms with Gasteiger partial charge < -0.3 is 10.1 Å². The molecule has 25 heavy (non-hydrogen) atoms. The highest BCUT2D eigenvalue weighted by Gasteiger charge is 2.21. The van der Waals surface area contributed by atoms with Gasteiger partial charge in [-0.3, -0.25) is 0 Å². The van der Waals surface area contributed by atoms with E-state index in [1.807, 2.05) is 26.0 Å². The lowest BCUT2D eigenvalue weighted by Crippen LogP contribution is -2.04. The second-order valence-electron chi connectivity index (χ2n) is 5.75. The molecule has 6 heteroatoms. The summed E-state index contributed by atoms with van der Waals surface area (Å²) in [5, 5.41) is 4.24. The summed E-state index contributed by atoms with van der Waals surface area (Å²) in [6, 6.07) is 8.27. The summed E-state index contributed by atoms with van der Waals surface area (Å²) >= 11 is 1.35. The van der Waals surface area contributed by atoms with Gasteiger partial charge in [0.25, 0.3) is 0 Å². The highest BCUT2D eigenvalue weighted by atomic mass is 32.1. The third-order valence-corrected chi connectivity index (χ3v) is 5.15. The van der Waals surface area contributed by atoms with Gasteiger partial charge >= 0.3 is 5.97 Å². The zero-order chi connectivity index (χ0) is 18.0. The largest absolute Gasteiger partial charge is 0.462 e. The number of ether oxygens (including phenoxy) is 1. The molecule has 0 radical (unpaired) electrons. The zero-order valence-corrected chi connectivity index (χ0v) is 15.7. The van der Waals surface area contributed by atoms with Gasteiger partial charge in [0.05, 0.1) is 12.0 Å². The Balaban J connectivity index is 2.05. The first kappa shape index (κ1) is 17.4. The fraction of sp³-hybridized carbons (Fsp3) is 0.316. The number of nitrogens with one attached hydrogen (secondary N) is 1. The molecule has 0 amide bonds. The second kappa shape index (κ2) is 7.19. The van der Waals surface area contributed by atoms with Crippen molar-refractivity contribution >= 4 is 39.0 Å². The first-order valence-corrected chi connectivity index (χ1v) is 9.16. The average Bonchev–Trinajstić information content (AvgIpc) is 2.92. The van der Waals surface area contributed by atoms with Crippen LogP contribution in [-0.2, 0) is 11.2 Å². The number of fused-ring (bicyclic) bond motifs is 1. The molecule has 3 aromatic rings. The average molecular weight is 355 g/mol. The van der Waals surface area contributed by atoms with Gasteiger partial charge in [0, 0.05) is 5.69 Å². The number of hydrogen-bond acceptors (Lipinski definition) is 6. The van der Waals surface area contributed by atoms with Crippen molar-refractivity contribution in [2.45, 2.75) is 34.1 Å². The fourth-order valence-electron chi connectivity index (χ4n) is 2.69. The third-order valence-electron chi connectivity index (χ3n) is 3.99. The lowest BCUT2D eigenvalue weighted by Gasteiger charge is -2.09. The summed E-state index contributed by atoms with van der Waals surface area (Å²) in [5.74, 6) is 1.08. The minimum Gasteiger partial charge on any atom is -0.462 e. The topological polar surface area (TPSA) is 64.1 Å². The molecule has 0 saturated heterocycles. The van der Waals surface area contributed by atoms with E-state index < -0.39 is 0 Å². The number of hydrogen-bond donors (Lipinski definition) is 1. The van der Waals surface area contributed by atoms with Crippen molar-refractivity contribution < 1.29 is 9.53 Å². The Morgan fingerprint density at radius 3 is 2.52 bits per heavy atom. The van der Waals surface area contributed by atoms with Crippen LogP contribution in [0.4, 0.5) is 11.5 Å². The SMILES string of the molecule is CCOC(=O)c1sc2nc(C)nc(Nc3ccc(CC)cc3)c2c1C. The van der Waals surface area contributed by atoms with E-state index in [-0.39, 0.29) is 5.97 Å². The van der Waals surface area contributed by atoms with E-state index in [9.17, 15) is 4.79 Å². The maximum absolute atomic E-state index is 12.2. The number of rotatable bonds is 5. The van der Waals surface area contributed by atoms with Crippen molar-refractivity contribution in [3.05, 3.63) is 46.1 Å². The van der Waals surface area contributed by atoms with E-state index >= 15 is 0 Å². The first-order valence-electron chi connectivity index (χ1n) is 8.34. The monoisotopic (exact) mass is 355 g/mol. The van der Waals surface area contributed by atoms with Crippen LogP contribution in [0.15, 0.2) is 24.3 Å². The number of nitrogens with zero attached hydrogens (tertiary/aromatic N) is 2. The molecular weight excluding hydrogens is 334 g/mol. The maximum Gasteiger partial charge on any atom is 0.348 e. The Morgan fingerprint density at radius 1 is 1.16 bits per heavy atom. The lowest BCUT2D eigenvalue weighted by molar-refractivity contribution is 0.0531. The Labute approximate surface area is 151 Å². The molecule has 0 atom stereocenters. The molecule has 0 aliphatic rings. The molecule has 130 valence electrons. The van der Waals surface area contributed by atoms with Crippen LogP contribution in [-0.4, -0.2) is 22.5 Å². The molecule has 0 aliphatic carbocycles. The van der Waals surface area contributed by atoms with Crippen molar-refractivity contribution in [2.24, 2.45) is 0 Å². The minimum atomic E-state index is -0.307. The molecule has 0 saturated carbocycles. The van der Waals surface area contributed by atoms with Gasteiger partial charge in [-0.25, -0.2) is 14.8 Å². The predicted octanol–water partition coefficient (Wildman–Crippen LogP) is 4.79. The molecule has 0 aliphatic heterocycles. The number of carbonyl (C=O) groups is 1. The summed E-state index contributed by atoms with van der Waals surface area (Å²) in [7, 11) is 0. The highest BCUT2D eigenvalue weighted by molar-refractivity contribution is 7.20. The molecule has 1 N–H and O–H groups in total. The van der Waals surface area contributed by atoms with Crippen LogP contribution in [0.25, 0.3) is 10.2 Å². The van der Waals surface area contributed by atoms with Gasteiger partial charge in [-0.1, -0.05) is 19.1 Å². The zero-order valence-electron chi connectivity index (χ0n) is 14.8. The molecule has 0 spiro atoms. The van der Waals surface area contributed by atoms with Gasteiger partial charge in [0.15, 0.2) is 0 Å². The molecule has 0 bridgehead atoms. The summed E-state index contributed by atoms with van der Waals surface area (Å²) < 4.78 is 5.16. The molecule has 1 aromatic carbocycles. The summed E-state index contributed by atoms with van der Waals surface area (Å²) in [5.41, 5.74) is 3.09. The van der Waals surface area contributed by atoms with Gasteiger partial charge in [-0.2, -0.15) is 0 Å². The number of aryl methyl sites for hydroxylation is 3. The quantitative estimate of drug-likeness (QED) is 0.667. The van der Waals surface area contributed by atoms with E-state index in [4.69, 9.17) is 4.74 Å². The number of carbonyl (C=O) groups excluding carboxylic acids is 1. The van der Waals surface area contributed by atoms with Crippen molar-refractivity contribution in [1.82, 2.24) is 9.97 Å².